The van der Waals surface area contributed by atoms with E-state index in [4.69, 9.17) is 0 Å². The number of carbonyl (C=O) groups excluding carboxylic acids is 1. The Kier molecular flexibility index (Phi) is 15.4. The molecular formula is C11H21LiN2O3. The molecule has 0 bridgehead atoms. The molecule has 0 amide bonds. The van der Waals surface area contributed by atoms with Crippen LogP contribution in [0.3, 0.4) is 0 Å². The quantitative estimate of drug-likeness (QED) is 0.203. The minimum Gasteiger partial charge on any atom is -0.550 e. The Morgan fingerprint density at radius 1 is 1.35 bits per heavy atom. The van der Waals surface area contributed by atoms with Gasteiger partial charge in [-0.15, -0.1) is 0 Å². The minimum atomic E-state index is -1.04. The van der Waals surface area contributed by atoms with Crippen LogP contribution in [0, 0.1) is 0 Å². The van der Waals surface area contributed by atoms with Crippen LogP contribution in [0.2, 0.25) is 0 Å². The summed E-state index contributed by atoms with van der Waals surface area (Å²) in [7, 11) is 0. The fraction of sp³-hybridized carbons (Fsp3) is 0.727. The molecule has 0 heterocycles. The second kappa shape index (κ2) is 13.8. The molecule has 1 atom stereocenters. The van der Waals surface area contributed by atoms with Crippen molar-refractivity contribution < 1.29 is 33.9 Å². The van der Waals surface area contributed by atoms with E-state index in [1.165, 1.54) is 0 Å². The van der Waals surface area contributed by atoms with Crippen LogP contribution in [0.5, 0.6) is 0 Å². The van der Waals surface area contributed by atoms with Crippen molar-refractivity contribution >= 4 is 5.97 Å². The van der Waals surface area contributed by atoms with Gasteiger partial charge in [-0.25, -0.2) is 0 Å². The summed E-state index contributed by atoms with van der Waals surface area (Å²) in [6.07, 6.45) is 4.15. The maximum Gasteiger partial charge on any atom is 1.00 e. The number of aliphatic hydroxyl groups excluding tert-OH is 1. The first-order valence-corrected chi connectivity index (χ1v) is 5.57. The van der Waals surface area contributed by atoms with Crippen molar-refractivity contribution in [2.75, 3.05) is 26.2 Å². The average molecular weight is 236 g/mol. The molecule has 0 saturated heterocycles. The molecule has 0 aliphatic heterocycles. The Balaban J connectivity index is 0. The zero-order chi connectivity index (χ0) is 12.2. The molecule has 0 saturated carbocycles. The molecule has 0 aromatic carbocycles. The van der Waals surface area contributed by atoms with E-state index in [9.17, 15) is 15.0 Å². The smallest absolute Gasteiger partial charge is 0.550 e. The van der Waals surface area contributed by atoms with Gasteiger partial charge in [0.1, 0.15) is 0 Å². The van der Waals surface area contributed by atoms with Gasteiger partial charge in [0.15, 0.2) is 0 Å². The molecule has 17 heavy (non-hydrogen) atoms. The third-order valence-electron chi connectivity index (χ3n) is 2.01. The first-order valence-electron chi connectivity index (χ1n) is 5.57. The van der Waals surface area contributed by atoms with Crippen LogP contribution in [0.4, 0.5) is 0 Å². The number of nitrogens with one attached hydrogen (secondary N) is 2. The van der Waals surface area contributed by atoms with Crippen LogP contribution in [-0.2, 0) is 4.79 Å². The summed E-state index contributed by atoms with van der Waals surface area (Å²) in [5.41, 5.74) is 0. The van der Waals surface area contributed by atoms with Crippen LogP contribution in [0.25, 0.3) is 0 Å². The largest absolute Gasteiger partial charge is 1.00 e. The van der Waals surface area contributed by atoms with Gasteiger partial charge in [0.05, 0.1) is 6.10 Å². The second-order valence-electron chi connectivity index (χ2n) is 3.53. The summed E-state index contributed by atoms with van der Waals surface area (Å²) in [4.78, 5) is 10.1. The zero-order valence-electron chi connectivity index (χ0n) is 10.7. The second-order valence-corrected chi connectivity index (χ2v) is 3.53. The van der Waals surface area contributed by atoms with E-state index >= 15 is 0 Å². The van der Waals surface area contributed by atoms with Crippen LogP contribution in [-0.4, -0.2) is 43.4 Å². The summed E-state index contributed by atoms with van der Waals surface area (Å²) in [5.74, 6) is -1.04. The maximum absolute atomic E-state index is 10.1. The van der Waals surface area contributed by atoms with Crippen molar-refractivity contribution in [3.63, 3.8) is 0 Å². The standard InChI is InChI=1S/C11H22N2O3.Li/c1-2-3-4-10(14)9-13-8-7-12-6-5-11(15)16;/h2-3,10,12-14H,4-9H2,1H3,(H,15,16);/q;+1/p-1/b3-2+;. The van der Waals surface area contributed by atoms with Crippen LogP contribution in [0.1, 0.15) is 19.8 Å². The zero-order valence-corrected chi connectivity index (χ0v) is 10.7. The molecular weight excluding hydrogens is 215 g/mol. The van der Waals surface area contributed by atoms with E-state index in [-0.39, 0.29) is 31.4 Å². The van der Waals surface area contributed by atoms with Gasteiger partial charge in [0.25, 0.3) is 0 Å². The van der Waals surface area contributed by atoms with E-state index in [0.29, 0.717) is 32.6 Å². The number of carbonyl (C=O) groups is 1. The van der Waals surface area contributed by atoms with E-state index in [1.807, 2.05) is 19.1 Å². The summed E-state index contributed by atoms with van der Waals surface area (Å²) in [5, 5.41) is 25.5. The molecule has 0 radical (unpaired) electrons. The van der Waals surface area contributed by atoms with E-state index < -0.39 is 5.97 Å². The van der Waals surface area contributed by atoms with Gasteiger partial charge in [-0.1, -0.05) is 12.2 Å². The molecule has 1 unspecified atom stereocenters. The average Bonchev–Trinajstić information content (AvgIpc) is 2.24. The number of rotatable bonds is 10. The summed E-state index contributed by atoms with van der Waals surface area (Å²) in [6, 6.07) is 0. The topological polar surface area (TPSA) is 84.4 Å². The Bertz CT molecular complexity index is 213. The predicted molar refractivity (Wildman–Crippen MR) is 60.8 cm³/mol. The minimum absolute atomic E-state index is 0. The number of hydrogen-bond donors (Lipinski definition) is 3. The third kappa shape index (κ3) is 15.7. The summed E-state index contributed by atoms with van der Waals surface area (Å²) < 4.78 is 0. The Hall–Kier alpha value is -0.313. The van der Waals surface area contributed by atoms with Crippen molar-refractivity contribution in [1.29, 1.82) is 0 Å². The molecule has 0 aliphatic carbocycles. The van der Waals surface area contributed by atoms with Crippen molar-refractivity contribution in [3.05, 3.63) is 12.2 Å². The predicted octanol–water partition coefficient (Wildman–Crippen LogP) is -4.36. The molecule has 94 valence electrons. The van der Waals surface area contributed by atoms with E-state index in [1.54, 1.807) is 0 Å². The third-order valence-corrected chi connectivity index (χ3v) is 2.01. The van der Waals surface area contributed by atoms with Gasteiger partial charge < -0.3 is 25.6 Å². The Morgan fingerprint density at radius 3 is 2.59 bits per heavy atom. The number of hydrogen-bond acceptors (Lipinski definition) is 5. The molecule has 3 N–H and O–H groups in total. The van der Waals surface area contributed by atoms with Gasteiger partial charge in [0.2, 0.25) is 0 Å². The number of aliphatic hydroxyl groups is 1. The summed E-state index contributed by atoms with van der Waals surface area (Å²) >= 11 is 0. The normalized spacial score (nSPS) is 12.4. The van der Waals surface area contributed by atoms with Gasteiger partial charge in [-0.2, -0.15) is 0 Å². The van der Waals surface area contributed by atoms with Crippen molar-refractivity contribution in [2.45, 2.75) is 25.9 Å². The fourth-order valence-electron chi connectivity index (χ4n) is 1.14. The molecule has 0 aromatic rings. The molecule has 6 heteroatoms. The van der Waals surface area contributed by atoms with E-state index in [0.717, 1.165) is 0 Å². The molecule has 0 aliphatic rings. The SMILES string of the molecule is C/C=C/CC(O)CNCCNCCC(=O)[O-].[Li+]. The van der Waals surface area contributed by atoms with Crippen molar-refractivity contribution in [2.24, 2.45) is 0 Å². The van der Waals surface area contributed by atoms with Gasteiger partial charge >= 0.3 is 18.9 Å². The first-order chi connectivity index (χ1) is 7.66. The summed E-state index contributed by atoms with van der Waals surface area (Å²) in [6.45, 7) is 4.28. The van der Waals surface area contributed by atoms with Crippen LogP contribution >= 0.6 is 0 Å². The van der Waals surface area contributed by atoms with Crippen molar-refractivity contribution in [3.8, 4) is 0 Å². The number of carboxylic acids is 1. The molecule has 5 nitrogen and oxygen atoms in total. The number of carboxylic acid groups (broad SMARTS) is 1. The Labute approximate surface area is 115 Å². The molecule has 0 aromatic heterocycles. The fourth-order valence-corrected chi connectivity index (χ4v) is 1.14. The van der Waals surface area contributed by atoms with E-state index in [2.05, 4.69) is 10.6 Å². The van der Waals surface area contributed by atoms with Crippen LogP contribution < -0.4 is 34.6 Å². The van der Waals surface area contributed by atoms with Gasteiger partial charge in [-0.3, -0.25) is 0 Å². The monoisotopic (exact) mass is 236 g/mol. The van der Waals surface area contributed by atoms with Gasteiger partial charge in [-0.05, 0) is 19.8 Å². The van der Waals surface area contributed by atoms with Crippen molar-refractivity contribution in [1.82, 2.24) is 10.6 Å². The molecule has 0 spiro atoms. The number of aliphatic carboxylic acids is 1. The first kappa shape index (κ1) is 19.0. The molecule has 0 rings (SSSR count). The Morgan fingerprint density at radius 2 is 2.00 bits per heavy atom. The van der Waals surface area contributed by atoms with Gasteiger partial charge in [0, 0.05) is 32.1 Å². The number of allylic oxidation sites excluding steroid dienone is 1. The molecule has 0 fully saturated rings. The maximum atomic E-state index is 10.1. The van der Waals surface area contributed by atoms with Crippen LogP contribution in [0.15, 0.2) is 12.2 Å².